The van der Waals surface area contributed by atoms with Crippen LogP contribution in [0, 0.1) is 5.82 Å². The summed E-state index contributed by atoms with van der Waals surface area (Å²) in [5, 5.41) is 2.95. The van der Waals surface area contributed by atoms with Gasteiger partial charge in [-0.25, -0.2) is 4.39 Å². The minimum absolute atomic E-state index is 0.167. The van der Waals surface area contributed by atoms with E-state index in [1.807, 2.05) is 42.3 Å². The van der Waals surface area contributed by atoms with Crippen LogP contribution in [0.3, 0.4) is 0 Å². The van der Waals surface area contributed by atoms with Crippen LogP contribution < -0.4 is 14.8 Å². The van der Waals surface area contributed by atoms with Crippen molar-refractivity contribution in [1.29, 1.82) is 0 Å². The van der Waals surface area contributed by atoms with Gasteiger partial charge in [0.15, 0.2) is 11.6 Å². The molecule has 0 aromatic heterocycles. The van der Waals surface area contributed by atoms with Gasteiger partial charge >= 0.3 is 0 Å². The third kappa shape index (κ3) is 5.58. The van der Waals surface area contributed by atoms with Crippen molar-refractivity contribution in [2.75, 3.05) is 32.6 Å². The molecule has 1 N–H and O–H groups in total. The number of rotatable bonds is 9. The van der Waals surface area contributed by atoms with Gasteiger partial charge in [0.05, 0.1) is 7.11 Å². The lowest BCUT2D eigenvalue weighted by molar-refractivity contribution is -0.121. The first kappa shape index (κ1) is 21.3. The molecule has 0 heterocycles. The molecule has 0 fully saturated rings. The second-order valence-electron chi connectivity index (χ2n) is 6.79. The minimum Gasteiger partial charge on any atom is -0.497 e. The second-order valence-corrected chi connectivity index (χ2v) is 6.79. The molecule has 0 bridgehead atoms. The van der Waals surface area contributed by atoms with Gasteiger partial charge in [-0.05, 0) is 49.0 Å². The molecule has 156 valence electrons. The quantitative estimate of drug-likeness (QED) is 0.565. The third-order valence-corrected chi connectivity index (χ3v) is 4.70. The summed E-state index contributed by atoms with van der Waals surface area (Å²) in [6.07, 6.45) is 0. The van der Waals surface area contributed by atoms with E-state index in [-0.39, 0.29) is 18.3 Å². The van der Waals surface area contributed by atoms with Crippen molar-refractivity contribution in [2.45, 2.75) is 6.04 Å². The van der Waals surface area contributed by atoms with E-state index in [1.165, 1.54) is 6.07 Å². The molecule has 1 atom stereocenters. The molecule has 0 saturated heterocycles. The highest BCUT2D eigenvalue weighted by Gasteiger charge is 2.25. The summed E-state index contributed by atoms with van der Waals surface area (Å²) in [5.41, 5.74) is 1.54. The fraction of sp³-hybridized carbons (Fsp3) is 0.208. The number of carbonyl (C=O) groups excluding carboxylic acids is 1. The van der Waals surface area contributed by atoms with Crippen LogP contribution in [0.1, 0.15) is 11.6 Å². The van der Waals surface area contributed by atoms with Gasteiger partial charge in [-0.3, -0.25) is 9.69 Å². The summed E-state index contributed by atoms with van der Waals surface area (Å²) in [7, 11) is 3.44. The highest BCUT2D eigenvalue weighted by molar-refractivity contribution is 5.95. The number of likely N-dealkylation sites (N-methyl/N-ethyl adjacent to an activating group) is 1. The minimum atomic E-state index is -0.530. The summed E-state index contributed by atoms with van der Waals surface area (Å²) in [6, 6.07) is 22.4. The smallest absolute Gasteiger partial charge is 0.246 e. The Kier molecular flexibility index (Phi) is 7.40. The number of nitrogens with one attached hydrogen (secondary N) is 1. The Hall–Kier alpha value is -3.38. The monoisotopic (exact) mass is 408 g/mol. The number of hydrogen-bond acceptors (Lipinski definition) is 4. The zero-order valence-corrected chi connectivity index (χ0v) is 17.0. The molecular formula is C24H25FN2O3. The Bertz CT molecular complexity index is 948. The molecule has 0 spiro atoms. The van der Waals surface area contributed by atoms with E-state index in [2.05, 4.69) is 5.32 Å². The maximum Gasteiger partial charge on any atom is 0.246 e. The Labute approximate surface area is 176 Å². The molecule has 1 unspecified atom stereocenters. The van der Waals surface area contributed by atoms with Crippen LogP contribution in [0.2, 0.25) is 0 Å². The Balaban J connectivity index is 1.69. The van der Waals surface area contributed by atoms with Gasteiger partial charge in [-0.2, -0.15) is 0 Å². The van der Waals surface area contributed by atoms with E-state index in [9.17, 15) is 9.18 Å². The van der Waals surface area contributed by atoms with Crippen LogP contribution in [-0.2, 0) is 4.79 Å². The maximum atomic E-state index is 13.8. The number of amides is 1. The van der Waals surface area contributed by atoms with Crippen LogP contribution in [0.25, 0.3) is 0 Å². The number of carbonyl (C=O) groups is 1. The van der Waals surface area contributed by atoms with Gasteiger partial charge < -0.3 is 14.8 Å². The molecule has 3 aromatic rings. The van der Waals surface area contributed by atoms with E-state index >= 15 is 0 Å². The van der Waals surface area contributed by atoms with E-state index in [0.29, 0.717) is 12.2 Å². The van der Waals surface area contributed by atoms with Crippen molar-refractivity contribution in [3.8, 4) is 11.5 Å². The van der Waals surface area contributed by atoms with Crippen molar-refractivity contribution in [2.24, 2.45) is 0 Å². The molecule has 0 radical (unpaired) electrons. The highest BCUT2D eigenvalue weighted by Crippen LogP contribution is 2.23. The van der Waals surface area contributed by atoms with E-state index < -0.39 is 11.9 Å². The van der Waals surface area contributed by atoms with Crippen LogP contribution in [0.5, 0.6) is 11.5 Å². The summed E-state index contributed by atoms with van der Waals surface area (Å²) >= 11 is 0. The van der Waals surface area contributed by atoms with Crippen molar-refractivity contribution >= 4 is 11.6 Å². The molecule has 6 heteroatoms. The number of methoxy groups -OCH3 is 1. The molecule has 0 aliphatic carbocycles. The van der Waals surface area contributed by atoms with Crippen LogP contribution in [-0.4, -0.2) is 38.1 Å². The maximum absolute atomic E-state index is 13.8. The SMILES string of the molecule is COc1ccc(NC(=O)C(c2ccccc2)N(C)CCOc2ccccc2F)cc1. The zero-order valence-electron chi connectivity index (χ0n) is 17.0. The second kappa shape index (κ2) is 10.4. The van der Waals surface area contributed by atoms with Crippen LogP contribution in [0.4, 0.5) is 10.1 Å². The number of anilines is 1. The summed E-state index contributed by atoms with van der Waals surface area (Å²) in [5.74, 6) is 0.344. The lowest BCUT2D eigenvalue weighted by Crippen LogP contribution is -2.37. The lowest BCUT2D eigenvalue weighted by Gasteiger charge is -2.27. The van der Waals surface area contributed by atoms with Gasteiger partial charge in [0, 0.05) is 12.2 Å². The zero-order chi connectivity index (χ0) is 21.3. The summed E-state index contributed by atoms with van der Waals surface area (Å²) in [4.78, 5) is 15.0. The molecule has 0 aliphatic heterocycles. The Morgan fingerprint density at radius 2 is 1.67 bits per heavy atom. The molecule has 0 aliphatic rings. The molecule has 5 nitrogen and oxygen atoms in total. The highest BCUT2D eigenvalue weighted by atomic mass is 19.1. The van der Waals surface area contributed by atoms with E-state index in [0.717, 1.165) is 11.3 Å². The molecular weight excluding hydrogens is 383 g/mol. The molecule has 1 amide bonds. The summed E-state index contributed by atoms with van der Waals surface area (Å²) in [6.45, 7) is 0.681. The molecule has 0 saturated carbocycles. The first-order chi connectivity index (χ1) is 14.6. The fourth-order valence-electron chi connectivity index (χ4n) is 3.12. The average Bonchev–Trinajstić information content (AvgIpc) is 2.76. The first-order valence-corrected chi connectivity index (χ1v) is 9.66. The van der Waals surface area contributed by atoms with Crippen molar-refractivity contribution < 1.29 is 18.7 Å². The largest absolute Gasteiger partial charge is 0.497 e. The number of nitrogens with zero attached hydrogens (tertiary/aromatic N) is 1. The van der Waals surface area contributed by atoms with Crippen molar-refractivity contribution in [3.63, 3.8) is 0 Å². The number of ether oxygens (including phenoxy) is 2. The van der Waals surface area contributed by atoms with Gasteiger partial charge in [-0.1, -0.05) is 42.5 Å². The van der Waals surface area contributed by atoms with Gasteiger partial charge in [-0.15, -0.1) is 0 Å². The van der Waals surface area contributed by atoms with Gasteiger partial charge in [0.1, 0.15) is 18.4 Å². The number of halogens is 1. The van der Waals surface area contributed by atoms with Gasteiger partial charge in [0.25, 0.3) is 0 Å². The topological polar surface area (TPSA) is 50.8 Å². The van der Waals surface area contributed by atoms with Crippen molar-refractivity contribution in [1.82, 2.24) is 4.90 Å². The number of para-hydroxylation sites is 1. The number of benzene rings is 3. The van der Waals surface area contributed by atoms with Crippen LogP contribution >= 0.6 is 0 Å². The summed E-state index contributed by atoms with van der Waals surface area (Å²) < 4.78 is 24.5. The predicted octanol–water partition coefficient (Wildman–Crippen LogP) is 4.52. The molecule has 3 rings (SSSR count). The van der Waals surface area contributed by atoms with Gasteiger partial charge in [0.2, 0.25) is 5.91 Å². The Morgan fingerprint density at radius 3 is 2.33 bits per heavy atom. The molecule has 30 heavy (non-hydrogen) atoms. The van der Waals surface area contributed by atoms with E-state index in [1.54, 1.807) is 49.6 Å². The third-order valence-electron chi connectivity index (χ3n) is 4.70. The van der Waals surface area contributed by atoms with Crippen LogP contribution in [0.15, 0.2) is 78.9 Å². The Morgan fingerprint density at radius 1 is 1.00 bits per heavy atom. The normalized spacial score (nSPS) is 11.7. The standard InChI is InChI=1S/C24H25FN2O3/c1-27(16-17-30-22-11-7-6-10-21(22)25)23(18-8-4-3-5-9-18)24(28)26-19-12-14-20(29-2)15-13-19/h3-15,23H,16-17H2,1-2H3,(H,26,28). The fourth-order valence-corrected chi connectivity index (χ4v) is 3.12. The van der Waals surface area contributed by atoms with Crippen molar-refractivity contribution in [3.05, 3.63) is 90.2 Å². The van der Waals surface area contributed by atoms with E-state index in [4.69, 9.17) is 9.47 Å². The first-order valence-electron chi connectivity index (χ1n) is 9.66. The molecule has 3 aromatic carbocycles. The number of hydrogen-bond donors (Lipinski definition) is 1. The average molecular weight is 408 g/mol. The predicted molar refractivity (Wildman–Crippen MR) is 115 cm³/mol. The lowest BCUT2D eigenvalue weighted by atomic mass is 10.0.